The molecule has 2 unspecified atom stereocenters. The zero-order chi connectivity index (χ0) is 11.1. The summed E-state index contributed by atoms with van der Waals surface area (Å²) in [6, 6.07) is 6.77. The van der Waals surface area contributed by atoms with Gasteiger partial charge in [-0.05, 0) is 18.1 Å². The van der Waals surface area contributed by atoms with Gasteiger partial charge in [-0.15, -0.1) is 0 Å². The smallest absolute Gasteiger partial charge is 0.140 e. The van der Waals surface area contributed by atoms with Gasteiger partial charge in [-0.2, -0.15) is 0 Å². The Balaban J connectivity index is 2.35. The van der Waals surface area contributed by atoms with Crippen LogP contribution in [0.1, 0.15) is 38.2 Å². The fourth-order valence-electron chi connectivity index (χ4n) is 2.36. The van der Waals surface area contributed by atoms with Gasteiger partial charge >= 0.3 is 0 Å². The number of Topliss-reactive ketones (excluding diaryl/α,β-unsaturated/α-hetero) is 1. The number of hydrogen-bond donors (Lipinski definition) is 0. The molecule has 0 spiro atoms. The number of carbonyl (C=O) groups is 1. The molecule has 15 heavy (non-hydrogen) atoms. The first-order valence-electron chi connectivity index (χ1n) is 5.37. The van der Waals surface area contributed by atoms with E-state index >= 15 is 0 Å². The third kappa shape index (κ3) is 1.39. The second kappa shape index (κ2) is 3.44. The lowest BCUT2D eigenvalue weighted by atomic mass is 9.56. The van der Waals surface area contributed by atoms with E-state index in [1.165, 1.54) is 6.07 Å². The number of ketones is 1. The highest BCUT2D eigenvalue weighted by Crippen LogP contribution is 2.52. The Morgan fingerprint density at radius 1 is 1.47 bits per heavy atom. The van der Waals surface area contributed by atoms with E-state index in [0.29, 0.717) is 12.0 Å². The molecule has 0 radical (unpaired) electrons. The van der Waals surface area contributed by atoms with Crippen LogP contribution in [0.5, 0.6) is 0 Å². The van der Waals surface area contributed by atoms with Gasteiger partial charge in [0.2, 0.25) is 0 Å². The molecule has 0 aromatic heterocycles. The van der Waals surface area contributed by atoms with Gasteiger partial charge in [0, 0.05) is 17.8 Å². The van der Waals surface area contributed by atoms with E-state index in [4.69, 9.17) is 0 Å². The van der Waals surface area contributed by atoms with E-state index in [0.717, 1.165) is 6.42 Å². The van der Waals surface area contributed by atoms with Gasteiger partial charge in [0.05, 0.1) is 0 Å². The van der Waals surface area contributed by atoms with Gasteiger partial charge in [-0.1, -0.05) is 32.0 Å². The fraction of sp³-hybridized carbons (Fsp3) is 0.462. The van der Waals surface area contributed by atoms with E-state index in [9.17, 15) is 9.18 Å². The molecule has 0 amide bonds. The maximum absolute atomic E-state index is 13.6. The summed E-state index contributed by atoms with van der Waals surface area (Å²) in [6.07, 6.45) is 1.27. The van der Waals surface area contributed by atoms with E-state index in [-0.39, 0.29) is 22.9 Å². The van der Waals surface area contributed by atoms with Crippen LogP contribution in [0.25, 0.3) is 0 Å². The largest absolute Gasteiger partial charge is 0.299 e. The number of rotatable bonds is 2. The monoisotopic (exact) mass is 206 g/mol. The predicted octanol–water partition coefficient (Wildman–Crippen LogP) is 3.30. The molecule has 0 saturated heterocycles. The number of carbonyl (C=O) groups excluding carboxylic acids is 1. The van der Waals surface area contributed by atoms with Crippen molar-refractivity contribution in [3.8, 4) is 0 Å². The molecule has 1 saturated carbocycles. The number of hydrogen-bond acceptors (Lipinski definition) is 1. The molecule has 0 heterocycles. The Bertz CT molecular complexity index is 399. The second-order valence-corrected chi connectivity index (χ2v) is 4.47. The fourth-order valence-corrected chi connectivity index (χ4v) is 2.36. The molecule has 2 atom stereocenters. The van der Waals surface area contributed by atoms with Crippen molar-refractivity contribution < 1.29 is 9.18 Å². The standard InChI is InChI=1S/C13H15FO/c1-3-13(2)10(8-12(13)15)9-6-4-5-7-11(9)14/h4-7,10H,3,8H2,1-2H3. The summed E-state index contributed by atoms with van der Waals surface area (Å²) in [5.74, 6) is 0.143. The van der Waals surface area contributed by atoms with E-state index in [1.54, 1.807) is 12.1 Å². The summed E-state index contributed by atoms with van der Waals surface area (Å²) < 4.78 is 13.6. The van der Waals surface area contributed by atoms with Crippen LogP contribution >= 0.6 is 0 Å². The number of benzene rings is 1. The zero-order valence-corrected chi connectivity index (χ0v) is 9.09. The molecule has 1 fully saturated rings. The molecule has 0 aliphatic heterocycles. The molecule has 1 aliphatic rings. The third-order valence-corrected chi connectivity index (χ3v) is 3.81. The Morgan fingerprint density at radius 2 is 2.13 bits per heavy atom. The van der Waals surface area contributed by atoms with Crippen LogP contribution in [0.4, 0.5) is 4.39 Å². The summed E-state index contributed by atoms with van der Waals surface area (Å²) in [5, 5.41) is 0. The molecule has 1 aliphatic carbocycles. The molecule has 2 rings (SSSR count). The molecule has 80 valence electrons. The van der Waals surface area contributed by atoms with Gasteiger partial charge in [0.15, 0.2) is 0 Å². The molecule has 1 nitrogen and oxygen atoms in total. The van der Waals surface area contributed by atoms with Crippen molar-refractivity contribution >= 4 is 5.78 Å². The highest BCUT2D eigenvalue weighted by molar-refractivity contribution is 5.93. The van der Waals surface area contributed by atoms with Crippen molar-refractivity contribution in [2.24, 2.45) is 5.41 Å². The lowest BCUT2D eigenvalue weighted by molar-refractivity contribution is -0.139. The maximum Gasteiger partial charge on any atom is 0.140 e. The molecular formula is C13H15FO. The highest BCUT2D eigenvalue weighted by Gasteiger charge is 2.50. The second-order valence-electron chi connectivity index (χ2n) is 4.47. The summed E-state index contributed by atoms with van der Waals surface area (Å²) in [6.45, 7) is 3.93. The zero-order valence-electron chi connectivity index (χ0n) is 9.09. The molecule has 1 aromatic carbocycles. The molecule has 2 heteroatoms. The van der Waals surface area contributed by atoms with Crippen LogP contribution in [0, 0.1) is 11.2 Å². The lowest BCUT2D eigenvalue weighted by Crippen LogP contribution is -2.45. The van der Waals surface area contributed by atoms with Crippen LogP contribution in [-0.4, -0.2) is 5.78 Å². The SMILES string of the molecule is CCC1(C)C(=O)CC1c1ccccc1F. The maximum atomic E-state index is 13.6. The minimum Gasteiger partial charge on any atom is -0.299 e. The van der Waals surface area contributed by atoms with Crippen LogP contribution < -0.4 is 0 Å². The van der Waals surface area contributed by atoms with E-state index < -0.39 is 0 Å². The van der Waals surface area contributed by atoms with Gasteiger partial charge in [-0.3, -0.25) is 4.79 Å². The Kier molecular flexibility index (Phi) is 2.37. The topological polar surface area (TPSA) is 17.1 Å². The van der Waals surface area contributed by atoms with Gasteiger partial charge in [-0.25, -0.2) is 4.39 Å². The quantitative estimate of drug-likeness (QED) is 0.725. The van der Waals surface area contributed by atoms with Crippen molar-refractivity contribution in [3.05, 3.63) is 35.6 Å². The van der Waals surface area contributed by atoms with Crippen molar-refractivity contribution in [3.63, 3.8) is 0 Å². The average Bonchev–Trinajstić information content (AvgIpc) is 2.26. The first-order valence-corrected chi connectivity index (χ1v) is 5.37. The molecular weight excluding hydrogens is 191 g/mol. The van der Waals surface area contributed by atoms with Crippen LogP contribution in [-0.2, 0) is 4.79 Å². The first kappa shape index (κ1) is 10.3. The molecule has 1 aromatic rings. The van der Waals surface area contributed by atoms with Crippen LogP contribution in [0.3, 0.4) is 0 Å². The minimum atomic E-state index is -0.345. The minimum absolute atomic E-state index is 0.0659. The number of halogens is 1. The summed E-state index contributed by atoms with van der Waals surface area (Å²) >= 11 is 0. The van der Waals surface area contributed by atoms with Crippen molar-refractivity contribution in [2.75, 3.05) is 0 Å². The average molecular weight is 206 g/mol. The Morgan fingerprint density at radius 3 is 2.67 bits per heavy atom. The summed E-state index contributed by atoms with van der Waals surface area (Å²) in [5.41, 5.74) is 0.351. The van der Waals surface area contributed by atoms with Crippen LogP contribution in [0.15, 0.2) is 24.3 Å². The molecule has 0 bridgehead atoms. The normalized spacial score (nSPS) is 30.1. The van der Waals surface area contributed by atoms with Gasteiger partial charge in [0.1, 0.15) is 11.6 Å². The first-order chi connectivity index (χ1) is 7.09. The van der Waals surface area contributed by atoms with E-state index in [2.05, 4.69) is 0 Å². The highest BCUT2D eigenvalue weighted by atomic mass is 19.1. The molecule has 0 N–H and O–H groups in total. The van der Waals surface area contributed by atoms with Crippen LogP contribution in [0.2, 0.25) is 0 Å². The van der Waals surface area contributed by atoms with Crippen molar-refractivity contribution in [1.82, 2.24) is 0 Å². The van der Waals surface area contributed by atoms with E-state index in [1.807, 2.05) is 19.9 Å². The predicted molar refractivity (Wildman–Crippen MR) is 57.2 cm³/mol. The Labute approximate surface area is 89.3 Å². The van der Waals surface area contributed by atoms with Gasteiger partial charge < -0.3 is 0 Å². The van der Waals surface area contributed by atoms with Crippen molar-refractivity contribution in [2.45, 2.75) is 32.6 Å². The van der Waals surface area contributed by atoms with Crippen molar-refractivity contribution in [1.29, 1.82) is 0 Å². The summed E-state index contributed by atoms with van der Waals surface area (Å²) in [4.78, 5) is 11.6. The van der Waals surface area contributed by atoms with Gasteiger partial charge in [0.25, 0.3) is 0 Å². The summed E-state index contributed by atoms with van der Waals surface area (Å²) in [7, 11) is 0. The Hall–Kier alpha value is -1.18. The third-order valence-electron chi connectivity index (χ3n) is 3.81. The lowest BCUT2D eigenvalue weighted by Gasteiger charge is -2.45.